The molecule has 0 saturated carbocycles. The monoisotopic (exact) mass is 1420 g/mol. The van der Waals surface area contributed by atoms with Crippen LogP contribution in [0.4, 0.5) is 0 Å². The van der Waals surface area contributed by atoms with E-state index in [-0.39, 0.29) is 0 Å². The number of hydrogen-bond acceptors (Lipinski definition) is 1. The predicted molar refractivity (Wildman–Crippen MR) is 182 cm³/mol. The van der Waals surface area contributed by atoms with Crippen molar-refractivity contribution in [1.82, 2.24) is 0 Å². The Morgan fingerprint density at radius 3 is 0.931 bits per heavy atom. The Bertz CT molecular complexity index is 717. The van der Waals surface area contributed by atoms with Gasteiger partial charge >= 0.3 is 0 Å². The molecule has 2 aliphatic carbocycles. The average molecular weight is 1440 g/mol. The van der Waals surface area contributed by atoms with Crippen molar-refractivity contribution in [1.29, 1.82) is 0 Å². The van der Waals surface area contributed by atoms with E-state index in [1.54, 1.807) is 0 Å². The molecule has 0 amide bonds. The van der Waals surface area contributed by atoms with Gasteiger partial charge in [-0.2, -0.15) is 0 Å². The maximum atomic E-state index is 6.77. The average Bonchev–Trinajstić information content (AvgIpc) is 2.51. The van der Waals surface area contributed by atoms with E-state index < -0.39 is 28.4 Å². The summed E-state index contributed by atoms with van der Waals surface area (Å²) in [6.07, 6.45) is 3.77. The second-order valence-corrected chi connectivity index (χ2v) is 30.5. The number of halogens is 16. The molecule has 0 heterocycles. The highest BCUT2D eigenvalue weighted by Gasteiger charge is 2.75. The first-order valence-corrected chi connectivity index (χ1v) is 19.3. The Morgan fingerprint density at radius 1 is 0.448 bits per heavy atom. The number of hydrogen-bond donors (Lipinski definition) is 0. The van der Waals surface area contributed by atoms with E-state index in [9.17, 15) is 0 Å². The van der Waals surface area contributed by atoms with Crippen LogP contribution in [0.2, 0.25) is 0 Å². The summed E-state index contributed by atoms with van der Waals surface area (Å²) in [6, 6.07) is 0. The molecule has 29 heavy (non-hydrogen) atoms. The number of rotatable bonds is 2. The Morgan fingerprint density at radius 2 is 0.690 bits per heavy atom. The third-order valence-corrected chi connectivity index (χ3v) is 33.9. The zero-order valence-electron chi connectivity index (χ0n) is 12.6. The molecule has 2 aliphatic rings. The molecule has 0 bridgehead atoms. The van der Waals surface area contributed by atoms with Gasteiger partial charge in [0.15, 0.2) is 15.5 Å². The molecule has 2 rings (SSSR count). The van der Waals surface area contributed by atoms with Crippen LogP contribution in [0.5, 0.6) is 0 Å². The van der Waals surface area contributed by atoms with Crippen molar-refractivity contribution in [3.05, 3.63) is 21.1 Å². The van der Waals surface area contributed by atoms with E-state index in [2.05, 4.69) is 255 Å². The summed E-state index contributed by atoms with van der Waals surface area (Å²) in [7, 11) is 0. The maximum Gasteiger partial charge on any atom is 0.172 e. The molecule has 0 aromatic rings. The Labute approximate surface area is 302 Å². The van der Waals surface area contributed by atoms with Gasteiger partial charge in [0, 0.05) is 8.96 Å². The van der Waals surface area contributed by atoms with E-state index in [4.69, 9.17) is 4.74 Å². The highest BCUT2D eigenvalue weighted by Crippen LogP contribution is 2.75. The molecule has 0 N–H and O–H groups in total. The van der Waals surface area contributed by atoms with Gasteiger partial charge < -0.3 is 4.74 Å². The van der Waals surface area contributed by atoms with Crippen molar-refractivity contribution >= 4 is 255 Å². The number of alkyl halides is 14. The van der Waals surface area contributed by atoms with Crippen molar-refractivity contribution < 1.29 is 4.74 Å². The third-order valence-electron chi connectivity index (χ3n) is 3.96. The number of allylic oxidation sites excluding steroid dienone is 2. The van der Waals surface area contributed by atoms with Gasteiger partial charge in [-0.3, -0.25) is 0 Å². The van der Waals surface area contributed by atoms with Crippen molar-refractivity contribution in [3.8, 4) is 0 Å². The summed E-state index contributed by atoms with van der Waals surface area (Å²) >= 11 is 59.9. The molecular weight excluding hydrogens is 1440 g/mol. The van der Waals surface area contributed by atoms with Crippen molar-refractivity contribution in [2.45, 2.75) is 28.4 Å². The quantitative estimate of drug-likeness (QED) is 0.250. The summed E-state index contributed by atoms with van der Waals surface area (Å²) in [5.74, 6) is 0. The van der Waals surface area contributed by atoms with Crippen LogP contribution in [0.1, 0.15) is 0 Å². The summed E-state index contributed by atoms with van der Waals surface area (Å²) in [4.78, 5) is 0. The van der Waals surface area contributed by atoms with Crippen LogP contribution in [-0.4, -0.2) is 28.4 Å². The molecule has 168 valence electrons. The van der Waals surface area contributed by atoms with Gasteiger partial charge in [-0.15, -0.1) is 0 Å². The standard InChI is InChI=1S/C12H2Br16O/c13-3-1-5(15,9(21,22)11(25,26)7(3,17)18)29-6(16)2-4(14)8(19,20)12(27,28)10(6,23)24/h1-2H. The Balaban J connectivity index is 2.74. The van der Waals surface area contributed by atoms with Gasteiger partial charge in [-0.1, -0.05) is 223 Å². The fourth-order valence-corrected chi connectivity index (χ4v) is 15.8. The van der Waals surface area contributed by atoms with Crippen molar-refractivity contribution in [3.63, 3.8) is 0 Å². The molecule has 0 aromatic carbocycles. The van der Waals surface area contributed by atoms with Gasteiger partial charge in [0.2, 0.25) is 0 Å². The fourth-order valence-electron chi connectivity index (χ4n) is 2.21. The van der Waals surface area contributed by atoms with Gasteiger partial charge in [0.05, 0.1) is 0 Å². The molecule has 0 fully saturated rings. The van der Waals surface area contributed by atoms with Crippen LogP contribution in [0.15, 0.2) is 21.1 Å². The molecule has 0 saturated heterocycles. The smallest absolute Gasteiger partial charge is 0.172 e. The maximum absolute atomic E-state index is 6.77. The zero-order chi connectivity index (χ0) is 23.3. The molecule has 1 nitrogen and oxygen atoms in total. The lowest BCUT2D eigenvalue weighted by Gasteiger charge is -2.58. The van der Waals surface area contributed by atoms with Crippen molar-refractivity contribution in [2.75, 3.05) is 0 Å². The molecule has 2 atom stereocenters. The van der Waals surface area contributed by atoms with E-state index in [1.807, 2.05) is 12.2 Å². The third kappa shape index (κ3) is 4.85. The summed E-state index contributed by atoms with van der Waals surface area (Å²) in [5, 5.41) is 0. The second-order valence-electron chi connectivity index (χ2n) is 5.82. The first kappa shape index (κ1) is 32.3. The molecule has 2 unspecified atom stereocenters. The lowest BCUT2D eigenvalue weighted by molar-refractivity contribution is -0.00915. The Hall–Kier alpha value is 7.12. The van der Waals surface area contributed by atoms with E-state index in [0.29, 0.717) is 0 Å². The fraction of sp³-hybridized carbons (Fsp3) is 0.667. The first-order valence-electron chi connectivity index (χ1n) is 6.59. The Kier molecular flexibility index (Phi) is 11.1. The summed E-state index contributed by atoms with van der Waals surface area (Å²) in [5.41, 5.74) is 0. The van der Waals surface area contributed by atoms with Crippen molar-refractivity contribution in [2.24, 2.45) is 0 Å². The number of ether oxygens (including phenoxy) is 1. The minimum Gasteiger partial charge on any atom is -0.334 e. The molecule has 0 aromatic heterocycles. The molecule has 0 spiro atoms. The van der Waals surface area contributed by atoms with Crippen LogP contribution >= 0.6 is 255 Å². The second kappa shape index (κ2) is 9.94. The van der Waals surface area contributed by atoms with Crippen LogP contribution < -0.4 is 0 Å². The van der Waals surface area contributed by atoms with Gasteiger partial charge in [-0.25, -0.2) is 0 Å². The molecule has 0 aliphatic heterocycles. The minimum absolute atomic E-state index is 0.710. The SMILES string of the molecule is BrC1=CC(Br)(OC2(Br)C=C(Br)C(Br)(Br)C(Br)(Br)C2(Br)Br)C(Br)(Br)C(Br)(Br)C1(Br)Br. The lowest BCUT2D eigenvalue weighted by Crippen LogP contribution is -2.67. The van der Waals surface area contributed by atoms with Crippen LogP contribution in [0.3, 0.4) is 0 Å². The topological polar surface area (TPSA) is 9.23 Å². The summed E-state index contributed by atoms with van der Waals surface area (Å²) in [6.45, 7) is 0. The predicted octanol–water partition coefficient (Wildman–Crippen LogP) is 12.7. The van der Waals surface area contributed by atoms with Crippen LogP contribution in [-0.2, 0) is 4.74 Å². The van der Waals surface area contributed by atoms with E-state index in [0.717, 1.165) is 8.96 Å². The highest BCUT2D eigenvalue weighted by atomic mass is 79.9. The minimum atomic E-state index is -1.12. The van der Waals surface area contributed by atoms with E-state index in [1.165, 1.54) is 0 Å². The van der Waals surface area contributed by atoms with E-state index >= 15 is 0 Å². The lowest BCUT2D eigenvalue weighted by atomic mass is 10.0. The normalized spacial score (nSPS) is 38.8. The largest absolute Gasteiger partial charge is 0.334 e. The molecular formula is C12H2Br16O. The first-order chi connectivity index (χ1) is 12.5. The van der Waals surface area contributed by atoms with Crippen LogP contribution in [0, 0.1) is 0 Å². The molecule has 17 heteroatoms. The summed E-state index contributed by atoms with van der Waals surface area (Å²) < 4.78 is 1.14. The highest BCUT2D eigenvalue weighted by molar-refractivity contribution is 9.34. The van der Waals surface area contributed by atoms with Gasteiger partial charge in [0.1, 0.15) is 12.9 Å². The zero-order valence-corrected chi connectivity index (χ0v) is 38.0. The van der Waals surface area contributed by atoms with Crippen LogP contribution in [0.25, 0.3) is 0 Å². The van der Waals surface area contributed by atoms with Gasteiger partial charge in [0.25, 0.3) is 0 Å². The molecule has 0 radical (unpaired) electrons. The van der Waals surface area contributed by atoms with Gasteiger partial charge in [-0.05, 0) is 44.0 Å².